The fourth-order valence-corrected chi connectivity index (χ4v) is 3.14. The van der Waals surface area contributed by atoms with Gasteiger partial charge in [-0.15, -0.1) is 0 Å². The number of esters is 1. The van der Waals surface area contributed by atoms with E-state index in [9.17, 15) is 14.0 Å². The fourth-order valence-electron chi connectivity index (χ4n) is 2.09. The second kappa shape index (κ2) is 6.36. The standard InChI is InChI=1S/C15H12FN3O4S/c1-8-5-11(23-18-8)14(21)17-15-19(7-13(20)22-2)10-4-3-9(16)6-12(10)24-15/h3-6H,7H2,1-2H3. The maximum atomic E-state index is 13.4. The lowest BCUT2D eigenvalue weighted by atomic mass is 10.3. The zero-order valence-electron chi connectivity index (χ0n) is 12.8. The molecular formula is C15H12FN3O4S. The molecule has 1 aromatic carbocycles. The van der Waals surface area contributed by atoms with Gasteiger partial charge in [0.1, 0.15) is 12.4 Å². The molecule has 0 aliphatic carbocycles. The van der Waals surface area contributed by atoms with Crippen LogP contribution in [0.5, 0.6) is 0 Å². The largest absolute Gasteiger partial charge is 0.468 e. The first-order chi connectivity index (χ1) is 11.5. The smallest absolute Gasteiger partial charge is 0.325 e. The van der Waals surface area contributed by atoms with E-state index in [1.54, 1.807) is 6.92 Å². The minimum atomic E-state index is -0.638. The Hall–Kier alpha value is -2.81. The van der Waals surface area contributed by atoms with Crippen LogP contribution in [0, 0.1) is 12.7 Å². The zero-order valence-corrected chi connectivity index (χ0v) is 13.6. The van der Waals surface area contributed by atoms with Crippen LogP contribution in [0.3, 0.4) is 0 Å². The molecule has 3 rings (SSSR count). The molecule has 0 unspecified atom stereocenters. The van der Waals surface area contributed by atoms with Crippen LogP contribution >= 0.6 is 11.3 Å². The normalized spacial score (nSPS) is 11.9. The molecule has 2 heterocycles. The van der Waals surface area contributed by atoms with Crippen molar-refractivity contribution in [3.8, 4) is 0 Å². The molecule has 3 aromatic rings. The Labute approximate surface area is 139 Å². The van der Waals surface area contributed by atoms with Gasteiger partial charge in [-0.25, -0.2) is 4.39 Å². The van der Waals surface area contributed by atoms with E-state index in [1.807, 2.05) is 0 Å². The summed E-state index contributed by atoms with van der Waals surface area (Å²) in [7, 11) is 1.26. The molecule has 0 atom stereocenters. The predicted molar refractivity (Wildman–Crippen MR) is 82.9 cm³/mol. The molecule has 0 aliphatic rings. The summed E-state index contributed by atoms with van der Waals surface area (Å²) in [4.78, 5) is 28.0. The number of aryl methyl sites for hydroxylation is 1. The van der Waals surface area contributed by atoms with Crippen molar-refractivity contribution in [1.29, 1.82) is 0 Å². The van der Waals surface area contributed by atoms with Gasteiger partial charge in [0.15, 0.2) is 4.80 Å². The molecule has 1 amide bonds. The third-order valence-corrected chi connectivity index (χ3v) is 4.24. The SMILES string of the molecule is COC(=O)Cn1c(=NC(=O)c2cc(C)no2)sc2cc(F)ccc21. The molecule has 7 nitrogen and oxygen atoms in total. The number of carbonyl (C=O) groups excluding carboxylic acids is 2. The van der Waals surface area contributed by atoms with Crippen molar-refractivity contribution in [1.82, 2.24) is 9.72 Å². The summed E-state index contributed by atoms with van der Waals surface area (Å²) in [5.41, 5.74) is 1.13. The summed E-state index contributed by atoms with van der Waals surface area (Å²) in [6.07, 6.45) is 0. The first kappa shape index (κ1) is 16.1. The lowest BCUT2D eigenvalue weighted by Crippen LogP contribution is -2.22. The number of nitrogens with zero attached hydrogens (tertiary/aromatic N) is 3. The molecule has 124 valence electrons. The van der Waals surface area contributed by atoms with Gasteiger partial charge in [-0.2, -0.15) is 4.99 Å². The van der Waals surface area contributed by atoms with Crippen LogP contribution in [0.1, 0.15) is 16.2 Å². The Morgan fingerprint density at radius 3 is 2.88 bits per heavy atom. The van der Waals surface area contributed by atoms with Gasteiger partial charge < -0.3 is 13.8 Å². The maximum Gasteiger partial charge on any atom is 0.325 e. The van der Waals surface area contributed by atoms with E-state index in [2.05, 4.69) is 14.9 Å². The molecule has 0 saturated heterocycles. The second-order valence-corrected chi connectivity index (χ2v) is 5.92. The highest BCUT2D eigenvalue weighted by Gasteiger charge is 2.15. The van der Waals surface area contributed by atoms with E-state index in [0.717, 1.165) is 11.3 Å². The minimum absolute atomic E-state index is 0.0132. The third-order valence-electron chi connectivity index (χ3n) is 3.20. The van der Waals surface area contributed by atoms with Gasteiger partial charge in [-0.3, -0.25) is 9.59 Å². The summed E-state index contributed by atoms with van der Waals surface area (Å²) in [5, 5.41) is 3.63. The number of aromatic nitrogens is 2. The first-order valence-electron chi connectivity index (χ1n) is 6.86. The van der Waals surface area contributed by atoms with Crippen LogP contribution in [-0.2, 0) is 16.1 Å². The Balaban J connectivity index is 2.14. The van der Waals surface area contributed by atoms with Crippen molar-refractivity contribution < 1.29 is 23.2 Å². The summed E-state index contributed by atoms with van der Waals surface area (Å²) in [5.74, 6) is -1.58. The van der Waals surface area contributed by atoms with Gasteiger partial charge in [-0.05, 0) is 25.1 Å². The molecular weight excluding hydrogens is 337 g/mol. The molecule has 0 spiro atoms. The van der Waals surface area contributed by atoms with E-state index in [0.29, 0.717) is 15.9 Å². The Bertz CT molecular complexity index is 1000. The van der Waals surface area contributed by atoms with E-state index in [-0.39, 0.29) is 17.1 Å². The van der Waals surface area contributed by atoms with E-state index < -0.39 is 17.7 Å². The molecule has 9 heteroatoms. The average molecular weight is 349 g/mol. The number of fused-ring (bicyclic) bond motifs is 1. The molecule has 0 radical (unpaired) electrons. The number of benzene rings is 1. The lowest BCUT2D eigenvalue weighted by molar-refractivity contribution is -0.141. The molecule has 0 saturated carbocycles. The topological polar surface area (TPSA) is 86.7 Å². The van der Waals surface area contributed by atoms with Crippen LogP contribution in [0.2, 0.25) is 0 Å². The van der Waals surface area contributed by atoms with Gasteiger partial charge in [0, 0.05) is 6.07 Å². The molecule has 0 fully saturated rings. The number of hydrogen-bond donors (Lipinski definition) is 0. The second-order valence-electron chi connectivity index (χ2n) is 4.91. The number of carbonyl (C=O) groups is 2. The van der Waals surface area contributed by atoms with Crippen molar-refractivity contribution in [2.75, 3.05) is 7.11 Å². The van der Waals surface area contributed by atoms with Crippen molar-refractivity contribution in [2.24, 2.45) is 4.99 Å². The highest BCUT2D eigenvalue weighted by Crippen LogP contribution is 2.19. The van der Waals surface area contributed by atoms with Crippen molar-refractivity contribution in [2.45, 2.75) is 13.5 Å². The van der Waals surface area contributed by atoms with E-state index in [4.69, 9.17) is 4.52 Å². The third kappa shape index (κ3) is 3.11. The van der Waals surface area contributed by atoms with E-state index >= 15 is 0 Å². The van der Waals surface area contributed by atoms with Gasteiger partial charge in [0.05, 0.1) is 23.0 Å². The first-order valence-corrected chi connectivity index (χ1v) is 7.67. The zero-order chi connectivity index (χ0) is 17.3. The highest BCUT2D eigenvalue weighted by molar-refractivity contribution is 7.16. The van der Waals surface area contributed by atoms with Gasteiger partial charge in [-0.1, -0.05) is 16.5 Å². The number of thiazole rings is 1. The van der Waals surface area contributed by atoms with Crippen LogP contribution in [-0.4, -0.2) is 28.7 Å². The predicted octanol–water partition coefficient (Wildman–Crippen LogP) is 2.05. The molecule has 2 aromatic heterocycles. The number of ether oxygens (including phenoxy) is 1. The number of methoxy groups -OCH3 is 1. The molecule has 0 bridgehead atoms. The Morgan fingerprint density at radius 2 is 2.21 bits per heavy atom. The van der Waals surface area contributed by atoms with Crippen LogP contribution in [0.4, 0.5) is 4.39 Å². The van der Waals surface area contributed by atoms with Crippen LogP contribution in [0.25, 0.3) is 10.2 Å². The molecule has 0 N–H and O–H groups in total. The number of amides is 1. The van der Waals surface area contributed by atoms with Crippen molar-refractivity contribution in [3.05, 3.63) is 46.3 Å². The number of halogens is 1. The summed E-state index contributed by atoms with van der Waals surface area (Å²) < 4.78 is 25.0. The maximum absolute atomic E-state index is 13.4. The van der Waals surface area contributed by atoms with Crippen LogP contribution in [0.15, 0.2) is 33.8 Å². The summed E-state index contributed by atoms with van der Waals surface area (Å²) in [6, 6.07) is 5.57. The fraction of sp³-hybridized carbons (Fsp3) is 0.200. The Kier molecular flexibility index (Phi) is 4.26. The Morgan fingerprint density at radius 1 is 1.42 bits per heavy atom. The van der Waals surface area contributed by atoms with Gasteiger partial charge >= 0.3 is 11.9 Å². The van der Waals surface area contributed by atoms with Crippen LogP contribution < -0.4 is 4.80 Å². The van der Waals surface area contributed by atoms with Crippen molar-refractivity contribution in [3.63, 3.8) is 0 Å². The number of hydrogen-bond acceptors (Lipinski definition) is 6. The van der Waals surface area contributed by atoms with E-state index in [1.165, 1.54) is 35.9 Å². The average Bonchev–Trinajstić information content (AvgIpc) is 3.11. The minimum Gasteiger partial charge on any atom is -0.468 e. The van der Waals surface area contributed by atoms with Gasteiger partial charge in [0.25, 0.3) is 0 Å². The summed E-state index contributed by atoms with van der Waals surface area (Å²) >= 11 is 1.09. The van der Waals surface area contributed by atoms with Crippen molar-refractivity contribution >= 4 is 33.4 Å². The summed E-state index contributed by atoms with van der Waals surface area (Å²) in [6.45, 7) is 1.53. The lowest BCUT2D eigenvalue weighted by Gasteiger charge is -2.03. The van der Waals surface area contributed by atoms with Gasteiger partial charge in [0.2, 0.25) is 5.76 Å². The quantitative estimate of drug-likeness (QED) is 0.676. The molecule has 24 heavy (non-hydrogen) atoms. The number of rotatable bonds is 3. The molecule has 0 aliphatic heterocycles. The monoisotopic (exact) mass is 349 g/mol. The highest BCUT2D eigenvalue weighted by atomic mass is 32.1.